The molecule has 0 saturated carbocycles. The number of aromatic nitrogens is 1. The molecular weight excluding hydrogens is 342 g/mol. The summed E-state index contributed by atoms with van der Waals surface area (Å²) in [6.07, 6.45) is 1.93. The van der Waals surface area contributed by atoms with Crippen LogP contribution in [0.2, 0.25) is 0 Å². The van der Waals surface area contributed by atoms with Gasteiger partial charge in [0.1, 0.15) is 51.2 Å². The Morgan fingerprint density at radius 1 is 1.22 bits per heavy atom. The highest BCUT2D eigenvalue weighted by Gasteiger charge is 2.27. The van der Waals surface area contributed by atoms with E-state index in [4.69, 9.17) is 4.74 Å². The highest BCUT2D eigenvalue weighted by Crippen LogP contribution is 2.13. The zero-order chi connectivity index (χ0) is 19.1. The molecule has 0 aliphatic carbocycles. The largest absolute Gasteiger partial charge is 0.491 e. The second-order valence-corrected chi connectivity index (χ2v) is 6.95. The van der Waals surface area contributed by atoms with Crippen LogP contribution in [0.25, 0.3) is 0 Å². The van der Waals surface area contributed by atoms with Crippen molar-refractivity contribution in [2.24, 2.45) is 0 Å². The van der Waals surface area contributed by atoms with Crippen LogP contribution in [0, 0.1) is 0 Å². The van der Waals surface area contributed by atoms with Crippen LogP contribution in [0.5, 0.6) is 5.75 Å². The number of aromatic amines is 1. The number of aliphatic hydroxyl groups is 1. The van der Waals surface area contributed by atoms with Gasteiger partial charge in [-0.3, -0.25) is 9.69 Å². The first-order chi connectivity index (χ1) is 13.2. The van der Waals surface area contributed by atoms with Crippen LogP contribution < -0.4 is 19.5 Å². The Morgan fingerprint density at radius 3 is 2.59 bits per heavy atom. The number of rotatable bonds is 8. The quantitative estimate of drug-likeness (QED) is 0.653. The number of piperazine rings is 1. The van der Waals surface area contributed by atoms with Crippen molar-refractivity contribution >= 4 is 11.6 Å². The van der Waals surface area contributed by atoms with Gasteiger partial charge in [0.15, 0.2) is 5.78 Å². The number of ketones is 1. The molecule has 0 bridgehead atoms. The number of quaternary nitrogens is 1. The third kappa shape index (κ3) is 5.52. The van der Waals surface area contributed by atoms with Crippen LogP contribution in [0.3, 0.4) is 0 Å². The number of ether oxygens (including phenoxy) is 1. The molecular formula is C21H29N3O3+2. The van der Waals surface area contributed by atoms with Gasteiger partial charge in [0.05, 0.1) is 6.20 Å². The van der Waals surface area contributed by atoms with Crippen molar-refractivity contribution in [2.75, 3.05) is 44.2 Å². The smallest absolute Gasteiger partial charge is 0.274 e. The number of nitrogens with one attached hydrogen (secondary N) is 2. The van der Waals surface area contributed by atoms with Crippen LogP contribution in [-0.2, 0) is 0 Å². The second kappa shape index (κ2) is 9.48. The van der Waals surface area contributed by atoms with E-state index in [1.54, 1.807) is 24.3 Å². The van der Waals surface area contributed by atoms with Crippen LogP contribution in [0.4, 0.5) is 5.82 Å². The third-order valence-electron chi connectivity index (χ3n) is 4.97. The molecule has 1 fully saturated rings. The maximum atomic E-state index is 11.6. The zero-order valence-electron chi connectivity index (χ0n) is 15.9. The average Bonchev–Trinajstić information content (AvgIpc) is 2.73. The van der Waals surface area contributed by atoms with Gasteiger partial charge in [-0.1, -0.05) is 13.0 Å². The highest BCUT2D eigenvalue weighted by atomic mass is 16.5. The Bertz CT molecular complexity index is 713. The fourth-order valence-corrected chi connectivity index (χ4v) is 3.37. The Hall–Kier alpha value is -2.44. The van der Waals surface area contributed by atoms with Gasteiger partial charge in [-0.2, -0.15) is 0 Å². The Labute approximate surface area is 160 Å². The highest BCUT2D eigenvalue weighted by molar-refractivity contribution is 5.95. The molecule has 0 unspecified atom stereocenters. The SMILES string of the molecule is CCC(=O)c1ccc(OC[C@H](O)C[NH+]2CCN(c3cccc[nH+]3)CC2)cc1. The predicted octanol–water partition coefficient (Wildman–Crippen LogP) is 0.238. The van der Waals surface area contributed by atoms with E-state index in [1.807, 2.05) is 25.3 Å². The van der Waals surface area contributed by atoms with Crippen molar-refractivity contribution in [1.29, 1.82) is 0 Å². The van der Waals surface area contributed by atoms with Gasteiger partial charge in [0.25, 0.3) is 5.82 Å². The lowest BCUT2D eigenvalue weighted by Gasteiger charge is -2.29. The Kier molecular flexibility index (Phi) is 6.79. The number of carbonyl (C=O) groups is 1. The van der Waals surface area contributed by atoms with Crippen LogP contribution >= 0.6 is 0 Å². The molecule has 6 nitrogen and oxygen atoms in total. The zero-order valence-corrected chi connectivity index (χ0v) is 15.9. The summed E-state index contributed by atoms with van der Waals surface area (Å²) >= 11 is 0. The van der Waals surface area contributed by atoms with Crippen molar-refractivity contribution in [1.82, 2.24) is 0 Å². The summed E-state index contributed by atoms with van der Waals surface area (Å²) in [6.45, 7) is 6.72. The number of H-pyrrole nitrogens is 1. The predicted molar refractivity (Wildman–Crippen MR) is 103 cm³/mol. The topological polar surface area (TPSA) is 68.3 Å². The van der Waals surface area contributed by atoms with E-state index < -0.39 is 6.10 Å². The van der Waals surface area contributed by atoms with Crippen LogP contribution in [0.15, 0.2) is 48.7 Å². The standard InChI is InChI=1S/C21H27N3O3/c1-2-20(26)17-6-8-19(9-7-17)27-16-18(25)15-23-11-13-24(14-12-23)21-5-3-4-10-22-21/h3-10,18,25H,2,11-16H2,1H3/p+2/t18-/m1/s1. The third-order valence-corrected chi connectivity index (χ3v) is 4.97. The van der Waals surface area contributed by atoms with Crippen molar-refractivity contribution < 1.29 is 24.5 Å². The van der Waals surface area contributed by atoms with Crippen molar-refractivity contribution in [3.05, 3.63) is 54.2 Å². The van der Waals surface area contributed by atoms with E-state index >= 15 is 0 Å². The summed E-state index contributed by atoms with van der Waals surface area (Å²) in [5.41, 5.74) is 0.698. The monoisotopic (exact) mass is 371 g/mol. The molecule has 1 aromatic carbocycles. The molecule has 1 saturated heterocycles. The number of benzene rings is 1. The number of carbonyl (C=O) groups excluding carboxylic acids is 1. The maximum Gasteiger partial charge on any atom is 0.274 e. The molecule has 0 amide bonds. The summed E-state index contributed by atoms with van der Waals surface area (Å²) in [5, 5.41) is 10.3. The first-order valence-electron chi connectivity index (χ1n) is 9.65. The van der Waals surface area contributed by atoms with Crippen LogP contribution in [0.1, 0.15) is 23.7 Å². The number of nitrogens with zero attached hydrogens (tertiary/aromatic N) is 1. The van der Waals surface area contributed by atoms with E-state index in [0.29, 0.717) is 24.3 Å². The molecule has 1 aromatic heterocycles. The first-order valence-corrected chi connectivity index (χ1v) is 9.65. The molecule has 3 N–H and O–H groups in total. The van der Waals surface area contributed by atoms with E-state index in [9.17, 15) is 9.90 Å². The average molecular weight is 371 g/mol. The van der Waals surface area contributed by atoms with Gasteiger partial charge in [-0.25, -0.2) is 4.98 Å². The normalized spacial score (nSPS) is 16.1. The van der Waals surface area contributed by atoms with Gasteiger partial charge in [-0.15, -0.1) is 0 Å². The minimum atomic E-state index is -0.508. The molecule has 3 rings (SSSR count). The minimum Gasteiger partial charge on any atom is -0.491 e. The number of pyridine rings is 1. The Balaban J connectivity index is 1.40. The molecule has 0 radical (unpaired) electrons. The number of hydrogen-bond donors (Lipinski definition) is 2. The second-order valence-electron chi connectivity index (χ2n) is 6.95. The molecule has 27 heavy (non-hydrogen) atoms. The summed E-state index contributed by atoms with van der Waals surface area (Å²) in [6, 6.07) is 13.2. The van der Waals surface area contributed by atoms with Crippen molar-refractivity contribution in [3.63, 3.8) is 0 Å². The van der Waals surface area contributed by atoms with Gasteiger partial charge in [0, 0.05) is 18.1 Å². The molecule has 2 heterocycles. The lowest BCUT2D eigenvalue weighted by atomic mass is 10.1. The molecule has 6 heteroatoms. The molecule has 1 aliphatic heterocycles. The molecule has 144 valence electrons. The fourth-order valence-electron chi connectivity index (χ4n) is 3.37. The lowest BCUT2D eigenvalue weighted by Crippen LogP contribution is -3.16. The van der Waals surface area contributed by atoms with Crippen LogP contribution in [-0.4, -0.2) is 56.3 Å². The molecule has 1 atom stereocenters. The number of aliphatic hydroxyl groups excluding tert-OH is 1. The molecule has 0 spiro atoms. The fraction of sp³-hybridized carbons (Fsp3) is 0.429. The van der Waals surface area contributed by atoms with Gasteiger partial charge >= 0.3 is 0 Å². The van der Waals surface area contributed by atoms with Crippen molar-refractivity contribution in [3.8, 4) is 5.75 Å². The first kappa shape index (κ1) is 19.3. The van der Waals surface area contributed by atoms with E-state index in [-0.39, 0.29) is 12.4 Å². The molecule has 2 aromatic rings. The summed E-state index contributed by atoms with van der Waals surface area (Å²) in [7, 11) is 0. The van der Waals surface area contributed by atoms with E-state index in [1.165, 1.54) is 4.90 Å². The van der Waals surface area contributed by atoms with Gasteiger partial charge in [-0.05, 0) is 30.3 Å². The maximum absolute atomic E-state index is 11.6. The van der Waals surface area contributed by atoms with Crippen molar-refractivity contribution in [2.45, 2.75) is 19.4 Å². The lowest BCUT2D eigenvalue weighted by molar-refractivity contribution is -0.903. The summed E-state index contributed by atoms with van der Waals surface area (Å²) in [5.74, 6) is 1.95. The number of Topliss-reactive ketones (excluding diaryl/α,β-unsaturated/α-hetero) is 1. The van der Waals surface area contributed by atoms with E-state index in [0.717, 1.165) is 32.0 Å². The minimum absolute atomic E-state index is 0.123. The summed E-state index contributed by atoms with van der Waals surface area (Å²) < 4.78 is 5.68. The molecule has 1 aliphatic rings. The Morgan fingerprint density at radius 2 is 1.96 bits per heavy atom. The number of anilines is 1. The van der Waals surface area contributed by atoms with Gasteiger partial charge < -0.3 is 14.7 Å². The van der Waals surface area contributed by atoms with Gasteiger partial charge in [0.2, 0.25) is 0 Å². The van der Waals surface area contributed by atoms with E-state index in [2.05, 4.69) is 16.0 Å². The number of hydrogen-bond acceptors (Lipinski definition) is 4. The summed E-state index contributed by atoms with van der Waals surface area (Å²) in [4.78, 5) is 18.6.